The van der Waals surface area contributed by atoms with Gasteiger partial charge in [-0.2, -0.15) is 0 Å². The summed E-state index contributed by atoms with van der Waals surface area (Å²) in [5, 5.41) is 3.20. The largest absolute Gasteiger partial charge is 0.380 e. The van der Waals surface area contributed by atoms with E-state index >= 15 is 0 Å². The number of hydrogen-bond donors (Lipinski definition) is 2. The number of carbonyl (C=O) groups is 1. The fourth-order valence-corrected chi connectivity index (χ4v) is 1.43. The number of amides is 1. The van der Waals surface area contributed by atoms with Crippen LogP contribution in [0.25, 0.3) is 0 Å². The Bertz CT molecular complexity index is 340. The molecule has 1 aromatic rings. The van der Waals surface area contributed by atoms with E-state index in [-0.39, 0.29) is 5.91 Å². The number of hydrogen-bond acceptors (Lipinski definition) is 3. The summed E-state index contributed by atoms with van der Waals surface area (Å²) in [4.78, 5) is 11.1. The van der Waals surface area contributed by atoms with E-state index < -0.39 is 0 Å². The van der Waals surface area contributed by atoms with Crippen molar-refractivity contribution in [1.82, 2.24) is 5.32 Å². The van der Waals surface area contributed by atoms with Crippen molar-refractivity contribution >= 4 is 5.91 Å². The molecule has 0 spiro atoms. The van der Waals surface area contributed by atoms with E-state index in [1.807, 2.05) is 25.1 Å². The van der Waals surface area contributed by atoms with E-state index in [1.165, 1.54) is 0 Å². The third-order valence-corrected chi connectivity index (χ3v) is 2.23. The molecule has 88 valence electrons. The van der Waals surface area contributed by atoms with Crippen LogP contribution in [0, 0.1) is 0 Å². The Labute approximate surface area is 95.8 Å². The van der Waals surface area contributed by atoms with Crippen molar-refractivity contribution in [2.45, 2.75) is 13.5 Å². The normalized spacial score (nSPS) is 10.3. The van der Waals surface area contributed by atoms with E-state index in [2.05, 4.69) is 5.32 Å². The van der Waals surface area contributed by atoms with Crippen LogP contribution in [-0.2, 0) is 11.3 Å². The van der Waals surface area contributed by atoms with Gasteiger partial charge in [-0.05, 0) is 18.6 Å². The van der Waals surface area contributed by atoms with Crippen LogP contribution in [0.15, 0.2) is 24.3 Å². The van der Waals surface area contributed by atoms with Crippen LogP contribution in [0.3, 0.4) is 0 Å². The summed E-state index contributed by atoms with van der Waals surface area (Å²) in [6, 6.07) is 7.34. The molecule has 0 saturated heterocycles. The lowest BCUT2D eigenvalue weighted by Crippen LogP contribution is -2.22. The van der Waals surface area contributed by atoms with Crippen LogP contribution in [0.1, 0.15) is 22.8 Å². The van der Waals surface area contributed by atoms with Gasteiger partial charge in [0.05, 0.1) is 6.61 Å². The van der Waals surface area contributed by atoms with E-state index in [1.54, 1.807) is 6.07 Å². The summed E-state index contributed by atoms with van der Waals surface area (Å²) in [5.74, 6) is -0.387. The molecule has 0 bridgehead atoms. The van der Waals surface area contributed by atoms with Gasteiger partial charge in [-0.3, -0.25) is 4.79 Å². The van der Waals surface area contributed by atoms with Gasteiger partial charge in [0.2, 0.25) is 5.91 Å². The summed E-state index contributed by atoms with van der Waals surface area (Å²) in [6.07, 6.45) is 0. The molecule has 0 saturated carbocycles. The zero-order chi connectivity index (χ0) is 11.8. The fraction of sp³-hybridized carbons (Fsp3) is 0.417. The smallest absolute Gasteiger partial charge is 0.249 e. The summed E-state index contributed by atoms with van der Waals surface area (Å²) >= 11 is 0. The number of primary amides is 1. The van der Waals surface area contributed by atoms with Crippen LogP contribution in [0.5, 0.6) is 0 Å². The van der Waals surface area contributed by atoms with Gasteiger partial charge in [0.1, 0.15) is 0 Å². The monoisotopic (exact) mass is 222 g/mol. The lowest BCUT2D eigenvalue weighted by molar-refractivity contribution is 0.0999. The number of rotatable bonds is 7. The Morgan fingerprint density at radius 3 is 2.88 bits per heavy atom. The molecular formula is C12H18N2O2. The molecule has 0 unspecified atom stereocenters. The molecule has 0 aliphatic rings. The zero-order valence-corrected chi connectivity index (χ0v) is 9.53. The highest BCUT2D eigenvalue weighted by Crippen LogP contribution is 2.07. The van der Waals surface area contributed by atoms with Gasteiger partial charge in [-0.25, -0.2) is 0 Å². The fourth-order valence-electron chi connectivity index (χ4n) is 1.43. The molecule has 1 aromatic carbocycles. The maximum absolute atomic E-state index is 11.1. The third-order valence-electron chi connectivity index (χ3n) is 2.23. The molecule has 1 rings (SSSR count). The van der Waals surface area contributed by atoms with Gasteiger partial charge in [0.15, 0.2) is 0 Å². The number of nitrogens with one attached hydrogen (secondary N) is 1. The van der Waals surface area contributed by atoms with E-state index in [9.17, 15) is 4.79 Å². The third kappa shape index (κ3) is 4.00. The van der Waals surface area contributed by atoms with Gasteiger partial charge in [0.25, 0.3) is 0 Å². The van der Waals surface area contributed by atoms with Crippen molar-refractivity contribution < 1.29 is 9.53 Å². The molecule has 0 aliphatic carbocycles. The van der Waals surface area contributed by atoms with Crippen molar-refractivity contribution in [2.75, 3.05) is 19.8 Å². The summed E-state index contributed by atoms with van der Waals surface area (Å²) in [6.45, 7) is 4.75. The van der Waals surface area contributed by atoms with Crippen LogP contribution in [0.4, 0.5) is 0 Å². The van der Waals surface area contributed by atoms with Crippen LogP contribution < -0.4 is 11.1 Å². The van der Waals surface area contributed by atoms with Gasteiger partial charge in [-0.15, -0.1) is 0 Å². The SMILES string of the molecule is CCOCCNCc1ccccc1C(N)=O. The molecule has 0 atom stereocenters. The average Bonchev–Trinajstić information content (AvgIpc) is 2.29. The second-order valence-electron chi connectivity index (χ2n) is 3.40. The van der Waals surface area contributed by atoms with Gasteiger partial charge < -0.3 is 15.8 Å². The number of nitrogens with two attached hydrogens (primary N) is 1. The Morgan fingerprint density at radius 1 is 1.44 bits per heavy atom. The Kier molecular flexibility index (Phi) is 5.53. The maximum Gasteiger partial charge on any atom is 0.249 e. The highest BCUT2D eigenvalue weighted by atomic mass is 16.5. The van der Waals surface area contributed by atoms with Crippen molar-refractivity contribution in [3.63, 3.8) is 0 Å². The van der Waals surface area contributed by atoms with Crippen molar-refractivity contribution in [1.29, 1.82) is 0 Å². The molecule has 0 aromatic heterocycles. The van der Waals surface area contributed by atoms with Gasteiger partial charge in [0, 0.05) is 25.3 Å². The molecule has 16 heavy (non-hydrogen) atoms. The number of carbonyl (C=O) groups excluding carboxylic acids is 1. The molecule has 4 nitrogen and oxygen atoms in total. The molecule has 0 aliphatic heterocycles. The Morgan fingerprint density at radius 2 is 2.19 bits per heavy atom. The molecule has 0 fully saturated rings. The maximum atomic E-state index is 11.1. The van der Waals surface area contributed by atoms with Crippen molar-refractivity contribution in [2.24, 2.45) is 5.73 Å². The molecule has 4 heteroatoms. The first-order valence-electron chi connectivity index (χ1n) is 5.42. The number of ether oxygens (including phenoxy) is 1. The molecular weight excluding hydrogens is 204 g/mol. The minimum Gasteiger partial charge on any atom is -0.380 e. The standard InChI is InChI=1S/C12H18N2O2/c1-2-16-8-7-14-9-10-5-3-4-6-11(10)12(13)15/h3-6,14H,2,7-9H2,1H3,(H2,13,15). The molecule has 1 amide bonds. The van der Waals surface area contributed by atoms with Gasteiger partial charge in [-0.1, -0.05) is 18.2 Å². The summed E-state index contributed by atoms with van der Waals surface area (Å²) in [5.41, 5.74) is 6.77. The summed E-state index contributed by atoms with van der Waals surface area (Å²) in [7, 11) is 0. The van der Waals surface area contributed by atoms with Crippen molar-refractivity contribution in [3.8, 4) is 0 Å². The number of benzene rings is 1. The predicted octanol–water partition coefficient (Wildman–Crippen LogP) is 0.912. The molecule has 3 N–H and O–H groups in total. The predicted molar refractivity (Wildman–Crippen MR) is 63.2 cm³/mol. The van der Waals surface area contributed by atoms with E-state index in [4.69, 9.17) is 10.5 Å². The topological polar surface area (TPSA) is 64.3 Å². The van der Waals surface area contributed by atoms with Crippen LogP contribution >= 0.6 is 0 Å². The van der Waals surface area contributed by atoms with Crippen molar-refractivity contribution in [3.05, 3.63) is 35.4 Å². The summed E-state index contributed by atoms with van der Waals surface area (Å²) < 4.78 is 5.19. The second kappa shape index (κ2) is 6.98. The van der Waals surface area contributed by atoms with Crippen LogP contribution in [-0.4, -0.2) is 25.7 Å². The highest BCUT2D eigenvalue weighted by Gasteiger charge is 2.05. The van der Waals surface area contributed by atoms with Gasteiger partial charge >= 0.3 is 0 Å². The molecule has 0 radical (unpaired) electrons. The second-order valence-corrected chi connectivity index (χ2v) is 3.40. The molecule has 0 heterocycles. The lowest BCUT2D eigenvalue weighted by atomic mass is 10.1. The Balaban J connectivity index is 2.44. The first-order chi connectivity index (χ1) is 7.75. The van der Waals surface area contributed by atoms with Crippen LogP contribution in [0.2, 0.25) is 0 Å². The zero-order valence-electron chi connectivity index (χ0n) is 9.53. The first kappa shape index (κ1) is 12.7. The average molecular weight is 222 g/mol. The van der Waals surface area contributed by atoms with E-state index in [0.717, 1.165) is 18.7 Å². The first-order valence-corrected chi connectivity index (χ1v) is 5.42. The quantitative estimate of drug-likeness (QED) is 0.674. The minimum absolute atomic E-state index is 0.387. The minimum atomic E-state index is -0.387. The highest BCUT2D eigenvalue weighted by molar-refractivity contribution is 5.94. The lowest BCUT2D eigenvalue weighted by Gasteiger charge is -2.08. The van der Waals surface area contributed by atoms with E-state index in [0.29, 0.717) is 18.7 Å². The Hall–Kier alpha value is -1.39.